The Labute approximate surface area is 448 Å². The Morgan fingerprint density at radius 2 is 0.671 bits per heavy atom. The van der Waals surface area contributed by atoms with Crippen LogP contribution in [0.4, 0.5) is 0 Å². The summed E-state index contributed by atoms with van der Waals surface area (Å²) in [6.07, 6.45) is 38.6. The van der Waals surface area contributed by atoms with Crippen LogP contribution in [-0.4, -0.2) is 0 Å². The third-order valence-corrected chi connectivity index (χ3v) is 19.7. The Bertz CT molecular complexity index is 2420. The Morgan fingerprint density at radius 3 is 0.971 bits per heavy atom. The fraction of sp³-hybridized carbons (Fsp3) is 0.582. The zero-order chi connectivity index (χ0) is 49.1. The molecule has 0 saturated heterocycles. The van der Waals surface area contributed by atoms with Crippen LogP contribution < -0.4 is 0 Å². The number of fused-ring (bicyclic) bond motifs is 12. The molecule has 0 radical (unpaired) electrons. The number of benzene rings is 4. The average molecular weight is 1090 g/mol. The van der Waals surface area contributed by atoms with Gasteiger partial charge in [0.15, 0.2) is 0 Å². The summed E-state index contributed by atoms with van der Waals surface area (Å²) in [5.74, 6) is 0. The standard InChI is InChI=1S/C67H90Br2S/c1-7-13-19-25-39-65(40-26-20-14-8-2)55-46-49(58-32-31-45-70-58)33-36-52(55)59-62(65)60-53-37-34-50(68)47-56(53)67(43-29-23-17-11-5,44-30-24-18-12-6)64(60)61-54-38-35-51(69)48-57(54)66(63(59)61,41-27-21-15-9-3)42-28-22-16-10-4/h31-38,45-48H,7-30,39-44H2,1-6H3. The Kier molecular flexibility index (Phi) is 19.4. The molecule has 70 heavy (non-hydrogen) atoms. The summed E-state index contributed by atoms with van der Waals surface area (Å²) in [6.45, 7) is 14.4. The van der Waals surface area contributed by atoms with Crippen molar-refractivity contribution in [3.63, 3.8) is 0 Å². The van der Waals surface area contributed by atoms with Gasteiger partial charge in [-0.05, 0) is 153 Å². The molecule has 0 spiro atoms. The number of rotatable bonds is 31. The maximum absolute atomic E-state index is 4.17. The maximum Gasteiger partial charge on any atom is 0.0342 e. The lowest BCUT2D eigenvalue weighted by Crippen LogP contribution is -2.31. The molecule has 3 aliphatic carbocycles. The van der Waals surface area contributed by atoms with E-state index in [4.69, 9.17) is 0 Å². The monoisotopic (exact) mass is 1080 g/mol. The van der Waals surface area contributed by atoms with Crippen molar-refractivity contribution in [2.75, 3.05) is 0 Å². The zero-order valence-electron chi connectivity index (χ0n) is 44.8. The molecule has 0 nitrogen and oxygen atoms in total. The van der Waals surface area contributed by atoms with Gasteiger partial charge in [0.2, 0.25) is 0 Å². The lowest BCUT2D eigenvalue weighted by molar-refractivity contribution is 0.389. The van der Waals surface area contributed by atoms with Crippen LogP contribution in [0.25, 0.3) is 43.8 Å². The highest BCUT2D eigenvalue weighted by Crippen LogP contribution is 2.72. The molecule has 1 heterocycles. The summed E-state index contributed by atoms with van der Waals surface area (Å²) in [5.41, 5.74) is 21.3. The Morgan fingerprint density at radius 1 is 0.357 bits per heavy atom. The molecule has 0 saturated carbocycles. The number of hydrogen-bond donors (Lipinski definition) is 0. The largest absolute Gasteiger partial charge is 0.144 e. The minimum absolute atomic E-state index is 0.0487. The average Bonchev–Trinajstić information content (AvgIpc) is 4.13. The van der Waals surface area contributed by atoms with Crippen LogP contribution >= 0.6 is 43.2 Å². The molecule has 378 valence electrons. The van der Waals surface area contributed by atoms with E-state index in [9.17, 15) is 0 Å². The number of hydrogen-bond acceptors (Lipinski definition) is 1. The molecule has 3 aliphatic rings. The lowest BCUT2D eigenvalue weighted by Gasteiger charge is -2.40. The first-order valence-corrected chi connectivity index (χ1v) is 31.8. The summed E-state index contributed by atoms with van der Waals surface area (Å²) >= 11 is 10.3. The quantitative estimate of drug-likeness (QED) is 0.0388. The number of halogens is 2. The minimum atomic E-state index is -0.0606. The van der Waals surface area contributed by atoms with E-state index in [1.807, 2.05) is 11.3 Å². The molecule has 4 aromatic carbocycles. The van der Waals surface area contributed by atoms with E-state index in [1.54, 1.807) is 66.8 Å². The smallest absolute Gasteiger partial charge is 0.0342 e. The van der Waals surface area contributed by atoms with Crippen molar-refractivity contribution in [3.8, 4) is 43.8 Å². The van der Waals surface area contributed by atoms with Crippen LogP contribution in [0.15, 0.2) is 81.1 Å². The molecule has 3 heteroatoms. The van der Waals surface area contributed by atoms with Gasteiger partial charge in [0.05, 0.1) is 0 Å². The first-order chi connectivity index (χ1) is 34.3. The predicted molar refractivity (Wildman–Crippen MR) is 316 cm³/mol. The lowest BCUT2D eigenvalue weighted by atomic mass is 9.63. The van der Waals surface area contributed by atoms with Gasteiger partial charge in [-0.15, -0.1) is 11.3 Å². The van der Waals surface area contributed by atoms with E-state index in [0.717, 1.165) is 0 Å². The van der Waals surface area contributed by atoms with Crippen molar-refractivity contribution in [1.29, 1.82) is 0 Å². The normalized spacial score (nSPS) is 15.2. The first-order valence-electron chi connectivity index (χ1n) is 29.4. The predicted octanol–water partition coefficient (Wildman–Crippen LogP) is 23.6. The minimum Gasteiger partial charge on any atom is -0.144 e. The van der Waals surface area contributed by atoms with Crippen LogP contribution in [0.5, 0.6) is 0 Å². The highest BCUT2D eigenvalue weighted by Gasteiger charge is 2.57. The molecule has 0 atom stereocenters. The van der Waals surface area contributed by atoms with Crippen molar-refractivity contribution in [2.45, 2.75) is 250 Å². The molecule has 0 amide bonds. The van der Waals surface area contributed by atoms with Crippen LogP contribution in [0, 0.1) is 0 Å². The van der Waals surface area contributed by atoms with E-state index in [0.29, 0.717) is 0 Å². The maximum atomic E-state index is 4.17. The van der Waals surface area contributed by atoms with Crippen molar-refractivity contribution in [1.82, 2.24) is 0 Å². The Hall–Kier alpha value is -2.46. The van der Waals surface area contributed by atoms with Crippen LogP contribution in [-0.2, 0) is 16.2 Å². The fourth-order valence-electron chi connectivity index (χ4n) is 14.5. The Balaban J connectivity index is 1.57. The first kappa shape index (κ1) is 53.8. The van der Waals surface area contributed by atoms with E-state index < -0.39 is 0 Å². The summed E-state index contributed by atoms with van der Waals surface area (Å²) < 4.78 is 2.50. The van der Waals surface area contributed by atoms with Crippen molar-refractivity contribution in [3.05, 3.63) is 114 Å². The van der Waals surface area contributed by atoms with Crippen molar-refractivity contribution < 1.29 is 0 Å². The topological polar surface area (TPSA) is 0 Å². The van der Waals surface area contributed by atoms with Crippen molar-refractivity contribution >= 4 is 43.2 Å². The van der Waals surface area contributed by atoms with Gasteiger partial charge in [0.25, 0.3) is 0 Å². The van der Waals surface area contributed by atoms with Gasteiger partial charge in [-0.2, -0.15) is 0 Å². The van der Waals surface area contributed by atoms with E-state index in [-0.39, 0.29) is 16.2 Å². The molecule has 0 fully saturated rings. The number of unbranched alkanes of at least 4 members (excludes halogenated alkanes) is 18. The molecule has 8 rings (SSSR count). The molecule has 0 aliphatic heterocycles. The molecule has 0 N–H and O–H groups in total. The molecule has 5 aromatic rings. The molecular weight excluding hydrogens is 997 g/mol. The van der Waals surface area contributed by atoms with Gasteiger partial charge < -0.3 is 0 Å². The van der Waals surface area contributed by atoms with E-state index in [1.165, 1.54) is 212 Å². The van der Waals surface area contributed by atoms with E-state index in [2.05, 4.69) is 146 Å². The van der Waals surface area contributed by atoms with E-state index >= 15 is 0 Å². The molecule has 0 bridgehead atoms. The molecular formula is C67H90Br2S. The second-order valence-electron chi connectivity index (χ2n) is 22.5. The molecule has 0 unspecified atom stereocenters. The fourth-order valence-corrected chi connectivity index (χ4v) is 15.9. The van der Waals surface area contributed by atoms with Gasteiger partial charge in [0, 0.05) is 30.1 Å². The van der Waals surface area contributed by atoms with Gasteiger partial charge in [0.1, 0.15) is 0 Å². The van der Waals surface area contributed by atoms with Gasteiger partial charge in [-0.1, -0.05) is 258 Å². The summed E-state index contributed by atoms with van der Waals surface area (Å²) in [6, 6.07) is 28.0. The second kappa shape index (κ2) is 25.2. The summed E-state index contributed by atoms with van der Waals surface area (Å²) in [5, 5.41) is 2.29. The second-order valence-corrected chi connectivity index (χ2v) is 25.3. The van der Waals surface area contributed by atoms with Gasteiger partial charge >= 0.3 is 0 Å². The highest BCUT2D eigenvalue weighted by atomic mass is 79.9. The van der Waals surface area contributed by atoms with Crippen LogP contribution in [0.1, 0.15) is 268 Å². The summed E-state index contributed by atoms with van der Waals surface area (Å²) in [4.78, 5) is 1.41. The van der Waals surface area contributed by atoms with Crippen molar-refractivity contribution in [2.24, 2.45) is 0 Å². The summed E-state index contributed by atoms with van der Waals surface area (Å²) in [7, 11) is 0. The third kappa shape index (κ3) is 10.5. The number of thiophene rings is 1. The molecule has 1 aromatic heterocycles. The van der Waals surface area contributed by atoms with Gasteiger partial charge in [-0.25, -0.2) is 0 Å². The highest BCUT2D eigenvalue weighted by molar-refractivity contribution is 9.10. The van der Waals surface area contributed by atoms with Crippen LogP contribution in [0.3, 0.4) is 0 Å². The van der Waals surface area contributed by atoms with Gasteiger partial charge in [-0.3, -0.25) is 0 Å². The third-order valence-electron chi connectivity index (χ3n) is 17.8. The SMILES string of the molecule is CCCCCCC1(CCCCCC)c2cc(Br)ccc2-c2c1c1c(c3c2C(CCCCCC)(CCCCCC)c2cc(-c4cccs4)ccc2-3)C(CCCCCC)(CCCCCC)c2cc(Br)ccc2-1. The zero-order valence-corrected chi connectivity index (χ0v) is 48.8. The van der Waals surface area contributed by atoms with Crippen LogP contribution in [0.2, 0.25) is 0 Å².